The van der Waals surface area contributed by atoms with E-state index in [1.54, 1.807) is 11.8 Å². The van der Waals surface area contributed by atoms with Gasteiger partial charge in [0.05, 0.1) is 21.9 Å². The summed E-state index contributed by atoms with van der Waals surface area (Å²) in [6, 6.07) is 17.7. The largest absolute Gasteiger partial charge is 0.481 e. The third-order valence-corrected chi connectivity index (χ3v) is 6.23. The van der Waals surface area contributed by atoms with Crippen LogP contribution in [-0.4, -0.2) is 27.5 Å². The average molecular weight is 404 g/mol. The Kier molecular flexibility index (Phi) is 5.32. The number of amides is 1. The molecule has 146 valence electrons. The number of aryl methyl sites for hydroxylation is 1. The molecule has 0 radical (unpaired) electrons. The second-order valence-electron chi connectivity index (χ2n) is 6.80. The predicted molar refractivity (Wildman–Crippen MR) is 117 cm³/mol. The molecule has 1 N–H and O–H groups in total. The van der Waals surface area contributed by atoms with Gasteiger partial charge in [0.15, 0.2) is 0 Å². The van der Waals surface area contributed by atoms with E-state index in [-0.39, 0.29) is 23.0 Å². The molecule has 1 aromatic heterocycles. The first-order valence-corrected chi connectivity index (χ1v) is 10.3. The molecule has 0 spiro atoms. The van der Waals surface area contributed by atoms with Crippen molar-refractivity contribution in [3.63, 3.8) is 0 Å². The SMILES string of the molecule is C#CCOc1ccc([C@@H]2S[C@H](C)C(=O)Nc3c2c(C)nn3-c2ccccc2)cc1. The van der Waals surface area contributed by atoms with E-state index in [0.29, 0.717) is 0 Å². The molecule has 0 saturated heterocycles. The Labute approximate surface area is 174 Å². The number of terminal acetylenes is 1. The Bertz CT molecular complexity index is 1070. The summed E-state index contributed by atoms with van der Waals surface area (Å²) in [4.78, 5) is 12.7. The third kappa shape index (κ3) is 3.74. The van der Waals surface area contributed by atoms with Gasteiger partial charge in [0.2, 0.25) is 5.91 Å². The maximum atomic E-state index is 12.7. The molecule has 2 heterocycles. The highest BCUT2D eigenvalue weighted by Crippen LogP contribution is 2.46. The van der Waals surface area contributed by atoms with E-state index >= 15 is 0 Å². The monoisotopic (exact) mass is 403 g/mol. The van der Waals surface area contributed by atoms with Gasteiger partial charge in [-0.2, -0.15) is 5.10 Å². The number of hydrogen-bond acceptors (Lipinski definition) is 4. The van der Waals surface area contributed by atoms with Crippen LogP contribution < -0.4 is 10.1 Å². The van der Waals surface area contributed by atoms with Crippen LogP contribution in [0.15, 0.2) is 54.6 Å². The van der Waals surface area contributed by atoms with Gasteiger partial charge in [-0.1, -0.05) is 36.3 Å². The lowest BCUT2D eigenvalue weighted by Crippen LogP contribution is -2.22. The van der Waals surface area contributed by atoms with Crippen LogP contribution in [-0.2, 0) is 4.79 Å². The lowest BCUT2D eigenvalue weighted by Gasteiger charge is -2.18. The van der Waals surface area contributed by atoms with Gasteiger partial charge < -0.3 is 10.1 Å². The minimum atomic E-state index is -0.201. The quantitative estimate of drug-likeness (QED) is 0.658. The molecular formula is C23H21N3O2S. The number of hydrogen-bond donors (Lipinski definition) is 1. The molecule has 1 aliphatic rings. The number of carbonyl (C=O) groups excluding carboxylic acids is 1. The van der Waals surface area contributed by atoms with Crippen LogP contribution in [0.4, 0.5) is 5.82 Å². The fourth-order valence-corrected chi connectivity index (χ4v) is 4.71. The van der Waals surface area contributed by atoms with Crippen molar-refractivity contribution < 1.29 is 9.53 Å². The zero-order chi connectivity index (χ0) is 20.4. The Hall–Kier alpha value is -3.17. The lowest BCUT2D eigenvalue weighted by molar-refractivity contribution is -0.115. The Morgan fingerprint density at radius 3 is 2.62 bits per heavy atom. The molecule has 29 heavy (non-hydrogen) atoms. The van der Waals surface area contributed by atoms with Gasteiger partial charge in [0.25, 0.3) is 0 Å². The van der Waals surface area contributed by atoms with Crippen molar-refractivity contribution in [2.45, 2.75) is 24.3 Å². The van der Waals surface area contributed by atoms with Crippen molar-refractivity contribution >= 4 is 23.5 Å². The molecule has 1 amide bonds. The standard InChI is InChI=1S/C23H21N3O2S/c1-4-14-28-19-12-10-17(11-13-19)21-20-15(2)25-26(18-8-6-5-7-9-18)22(20)24-23(27)16(3)29-21/h1,5-13,16,21H,14H2,2-3H3,(H,24,27)/t16-,21+/m1/s1. The molecule has 3 aromatic rings. The molecule has 2 atom stereocenters. The number of ether oxygens (including phenoxy) is 1. The van der Waals surface area contributed by atoms with Gasteiger partial charge in [-0.25, -0.2) is 4.68 Å². The molecule has 0 unspecified atom stereocenters. The van der Waals surface area contributed by atoms with Crippen LogP contribution in [0.5, 0.6) is 5.75 Å². The van der Waals surface area contributed by atoms with E-state index in [1.807, 2.05) is 73.1 Å². The molecule has 1 aliphatic heterocycles. The minimum absolute atomic E-state index is 0.0233. The van der Waals surface area contributed by atoms with Gasteiger partial charge in [-0.3, -0.25) is 4.79 Å². The van der Waals surface area contributed by atoms with Crippen LogP contribution in [0.25, 0.3) is 5.69 Å². The number of carbonyl (C=O) groups is 1. The zero-order valence-electron chi connectivity index (χ0n) is 16.3. The number of thioether (sulfide) groups is 1. The summed E-state index contributed by atoms with van der Waals surface area (Å²) in [6.07, 6.45) is 5.26. The summed E-state index contributed by atoms with van der Waals surface area (Å²) in [6.45, 7) is 4.15. The molecule has 4 rings (SSSR count). The fraction of sp³-hybridized carbons (Fsp3) is 0.217. The Balaban J connectivity index is 1.80. The highest BCUT2D eigenvalue weighted by molar-refractivity contribution is 8.01. The first-order chi connectivity index (χ1) is 14.1. The summed E-state index contributed by atoms with van der Waals surface area (Å²) in [5.41, 5.74) is 3.91. The van der Waals surface area contributed by atoms with Crippen LogP contribution in [0.3, 0.4) is 0 Å². The molecular weight excluding hydrogens is 382 g/mol. The number of nitrogens with one attached hydrogen (secondary N) is 1. The van der Waals surface area contributed by atoms with Gasteiger partial charge >= 0.3 is 0 Å². The van der Waals surface area contributed by atoms with Crippen molar-refractivity contribution in [2.75, 3.05) is 11.9 Å². The van der Waals surface area contributed by atoms with E-state index in [9.17, 15) is 4.79 Å². The Morgan fingerprint density at radius 1 is 1.21 bits per heavy atom. The molecule has 6 heteroatoms. The second-order valence-corrected chi connectivity index (χ2v) is 8.26. The van der Waals surface area contributed by atoms with Crippen molar-refractivity contribution in [1.82, 2.24) is 9.78 Å². The minimum Gasteiger partial charge on any atom is -0.481 e. The highest BCUT2D eigenvalue weighted by Gasteiger charge is 2.34. The van der Waals surface area contributed by atoms with Gasteiger partial charge in [0.1, 0.15) is 18.2 Å². The molecule has 0 bridgehead atoms. The number of rotatable bonds is 4. The summed E-state index contributed by atoms with van der Waals surface area (Å²) >= 11 is 1.62. The summed E-state index contributed by atoms with van der Waals surface area (Å²) < 4.78 is 7.31. The normalized spacial score (nSPS) is 18.3. The van der Waals surface area contributed by atoms with Crippen LogP contribution in [0, 0.1) is 19.3 Å². The Morgan fingerprint density at radius 2 is 1.93 bits per heavy atom. The van der Waals surface area contributed by atoms with Crippen molar-refractivity contribution in [2.24, 2.45) is 0 Å². The summed E-state index contributed by atoms with van der Waals surface area (Å²) in [5, 5.41) is 7.60. The van der Waals surface area contributed by atoms with Gasteiger partial charge in [-0.05, 0) is 43.7 Å². The highest BCUT2D eigenvalue weighted by atomic mass is 32.2. The fourth-order valence-electron chi connectivity index (χ4n) is 3.39. The van der Waals surface area contributed by atoms with E-state index in [4.69, 9.17) is 16.3 Å². The van der Waals surface area contributed by atoms with Crippen LogP contribution in [0.2, 0.25) is 0 Å². The van der Waals surface area contributed by atoms with Crippen LogP contribution >= 0.6 is 11.8 Å². The predicted octanol–water partition coefficient (Wildman–Crippen LogP) is 4.36. The number of para-hydroxylation sites is 1. The van der Waals surface area contributed by atoms with Crippen molar-refractivity contribution in [3.8, 4) is 23.8 Å². The zero-order valence-corrected chi connectivity index (χ0v) is 17.1. The molecule has 0 saturated carbocycles. The van der Waals surface area contributed by atoms with E-state index < -0.39 is 0 Å². The first kappa shape index (κ1) is 19.2. The van der Waals surface area contributed by atoms with Crippen LogP contribution in [0.1, 0.15) is 29.0 Å². The summed E-state index contributed by atoms with van der Waals surface area (Å²) in [5.74, 6) is 3.90. The van der Waals surface area contributed by atoms with Crippen molar-refractivity contribution in [1.29, 1.82) is 0 Å². The lowest BCUT2D eigenvalue weighted by atomic mass is 10.0. The molecule has 0 aliphatic carbocycles. The molecule has 2 aromatic carbocycles. The number of anilines is 1. The molecule has 5 nitrogen and oxygen atoms in total. The number of fused-ring (bicyclic) bond motifs is 1. The number of nitrogens with zero attached hydrogens (tertiary/aromatic N) is 2. The van der Waals surface area contributed by atoms with E-state index in [2.05, 4.69) is 11.2 Å². The topological polar surface area (TPSA) is 56.1 Å². The van der Waals surface area contributed by atoms with Crippen molar-refractivity contribution in [3.05, 3.63) is 71.4 Å². The summed E-state index contributed by atoms with van der Waals surface area (Å²) in [7, 11) is 0. The number of aromatic nitrogens is 2. The number of benzene rings is 2. The first-order valence-electron chi connectivity index (χ1n) is 9.36. The molecule has 0 fully saturated rings. The van der Waals surface area contributed by atoms with E-state index in [1.165, 1.54) is 0 Å². The maximum Gasteiger partial charge on any atom is 0.238 e. The third-order valence-electron chi connectivity index (χ3n) is 4.83. The van der Waals surface area contributed by atoms with E-state index in [0.717, 1.165) is 34.1 Å². The second kappa shape index (κ2) is 8.06. The smallest absolute Gasteiger partial charge is 0.238 e. The van der Waals surface area contributed by atoms with Gasteiger partial charge in [0, 0.05) is 5.56 Å². The van der Waals surface area contributed by atoms with Gasteiger partial charge in [-0.15, -0.1) is 18.2 Å². The maximum absolute atomic E-state index is 12.7. The average Bonchev–Trinajstić information content (AvgIpc) is 2.99.